The van der Waals surface area contributed by atoms with Gasteiger partial charge in [0.1, 0.15) is 0 Å². The predicted octanol–water partition coefficient (Wildman–Crippen LogP) is 0.211. The van der Waals surface area contributed by atoms with Crippen LogP contribution in [0.5, 0.6) is 0 Å². The van der Waals surface area contributed by atoms with Crippen LogP contribution in [-0.4, -0.2) is 40.6 Å². The molecule has 0 spiro atoms. The minimum absolute atomic E-state index is 0.0340. The first-order chi connectivity index (χ1) is 10.8. The molecule has 1 amide bonds. The van der Waals surface area contributed by atoms with Crippen LogP contribution in [0.4, 0.5) is 0 Å². The smallest absolute Gasteiger partial charge is 0.240 e. The second kappa shape index (κ2) is 8.97. The molecule has 130 valence electrons. The Hall–Kier alpha value is -1.48. The summed E-state index contributed by atoms with van der Waals surface area (Å²) in [5.41, 5.74) is 6.45. The van der Waals surface area contributed by atoms with Crippen LogP contribution in [-0.2, 0) is 26.1 Å². The number of sulfonamides is 1. The molecule has 1 aromatic carbocycles. The first-order valence-corrected chi connectivity index (χ1v) is 8.87. The molecule has 7 nitrogen and oxygen atoms in total. The second-order valence-corrected chi connectivity index (χ2v) is 7.29. The molecule has 8 heteroatoms. The molecule has 0 fully saturated rings. The Balaban J connectivity index is 2.72. The van der Waals surface area contributed by atoms with E-state index in [-0.39, 0.29) is 29.8 Å². The Morgan fingerprint density at radius 2 is 2.04 bits per heavy atom. The monoisotopic (exact) mass is 343 g/mol. The molecule has 0 aromatic heterocycles. The van der Waals surface area contributed by atoms with Gasteiger partial charge in [0.25, 0.3) is 0 Å². The molecule has 0 saturated heterocycles. The van der Waals surface area contributed by atoms with Crippen molar-refractivity contribution in [3.05, 3.63) is 29.8 Å². The summed E-state index contributed by atoms with van der Waals surface area (Å²) in [5.74, 6) is -0.224. The van der Waals surface area contributed by atoms with E-state index < -0.39 is 16.1 Å². The van der Waals surface area contributed by atoms with E-state index in [4.69, 9.17) is 10.5 Å². The van der Waals surface area contributed by atoms with E-state index in [9.17, 15) is 13.2 Å². The highest BCUT2D eigenvalue weighted by Gasteiger charge is 2.17. The summed E-state index contributed by atoms with van der Waals surface area (Å²) < 4.78 is 31.5. The van der Waals surface area contributed by atoms with Gasteiger partial charge >= 0.3 is 0 Å². The van der Waals surface area contributed by atoms with Crippen molar-refractivity contribution in [2.75, 3.05) is 20.3 Å². The fourth-order valence-electron chi connectivity index (χ4n) is 1.79. The molecule has 0 aliphatic rings. The number of benzene rings is 1. The molecule has 1 atom stereocenters. The number of hydrogen-bond donors (Lipinski definition) is 3. The molecule has 0 aliphatic carbocycles. The average Bonchev–Trinajstić information content (AvgIpc) is 2.52. The van der Waals surface area contributed by atoms with E-state index in [1.807, 2.05) is 13.8 Å². The van der Waals surface area contributed by atoms with Crippen LogP contribution >= 0.6 is 0 Å². The summed E-state index contributed by atoms with van der Waals surface area (Å²) >= 11 is 0. The maximum atomic E-state index is 12.1. The van der Waals surface area contributed by atoms with Crippen molar-refractivity contribution < 1.29 is 17.9 Å². The topological polar surface area (TPSA) is 111 Å². The van der Waals surface area contributed by atoms with Gasteiger partial charge in [-0.05, 0) is 23.6 Å². The van der Waals surface area contributed by atoms with E-state index in [0.29, 0.717) is 12.2 Å². The van der Waals surface area contributed by atoms with Gasteiger partial charge in [-0.2, -0.15) is 0 Å². The molecule has 0 heterocycles. The van der Waals surface area contributed by atoms with Gasteiger partial charge in [0.05, 0.1) is 17.5 Å². The van der Waals surface area contributed by atoms with Crippen molar-refractivity contribution in [2.24, 2.45) is 11.7 Å². The van der Waals surface area contributed by atoms with Gasteiger partial charge in [-0.25, -0.2) is 13.1 Å². The lowest BCUT2D eigenvalue weighted by atomic mass is 10.0. The largest absolute Gasteiger partial charge is 0.383 e. The molecule has 4 N–H and O–H groups in total. The summed E-state index contributed by atoms with van der Waals surface area (Å²) in [7, 11) is -2.09. The maximum Gasteiger partial charge on any atom is 0.240 e. The lowest BCUT2D eigenvalue weighted by Crippen LogP contribution is -2.43. The van der Waals surface area contributed by atoms with E-state index >= 15 is 0 Å². The number of methoxy groups -OCH3 is 1. The van der Waals surface area contributed by atoms with Crippen molar-refractivity contribution in [1.82, 2.24) is 10.0 Å². The molecule has 0 unspecified atom stereocenters. The Morgan fingerprint density at radius 1 is 1.35 bits per heavy atom. The fraction of sp³-hybridized carbons (Fsp3) is 0.533. The van der Waals surface area contributed by atoms with Gasteiger partial charge in [-0.3, -0.25) is 4.79 Å². The van der Waals surface area contributed by atoms with Gasteiger partial charge in [-0.1, -0.05) is 26.0 Å². The van der Waals surface area contributed by atoms with Crippen LogP contribution in [0.2, 0.25) is 0 Å². The number of hydrogen-bond acceptors (Lipinski definition) is 5. The SMILES string of the molecule is COCCNS(=O)(=O)c1cccc(CNC(=O)[C@@H](N)C(C)C)c1. The Morgan fingerprint density at radius 3 is 2.65 bits per heavy atom. The number of nitrogens with two attached hydrogens (primary N) is 1. The van der Waals surface area contributed by atoms with Crippen LogP contribution in [0.25, 0.3) is 0 Å². The van der Waals surface area contributed by atoms with E-state index in [0.717, 1.165) is 0 Å². The molecular formula is C15H25N3O4S. The second-order valence-electron chi connectivity index (χ2n) is 5.53. The van der Waals surface area contributed by atoms with Crippen molar-refractivity contribution in [3.63, 3.8) is 0 Å². The number of ether oxygens (including phenoxy) is 1. The third kappa shape index (κ3) is 6.26. The molecule has 1 aromatic rings. The van der Waals surface area contributed by atoms with Gasteiger partial charge < -0.3 is 15.8 Å². The van der Waals surface area contributed by atoms with Crippen LogP contribution in [0.3, 0.4) is 0 Å². The lowest BCUT2D eigenvalue weighted by Gasteiger charge is -2.15. The number of nitrogens with one attached hydrogen (secondary N) is 2. The van der Waals surface area contributed by atoms with Crippen LogP contribution in [0.15, 0.2) is 29.2 Å². The summed E-state index contributed by atoms with van der Waals surface area (Å²) in [4.78, 5) is 12.0. The highest BCUT2D eigenvalue weighted by Crippen LogP contribution is 2.11. The molecule has 1 rings (SSSR count). The number of carbonyl (C=O) groups excluding carboxylic acids is 1. The minimum atomic E-state index is -3.59. The molecule has 0 aliphatic heterocycles. The zero-order chi connectivity index (χ0) is 17.5. The van der Waals surface area contributed by atoms with Crippen LogP contribution < -0.4 is 15.8 Å². The van der Waals surface area contributed by atoms with Crippen LogP contribution in [0, 0.1) is 5.92 Å². The molecule has 0 bridgehead atoms. The Kier molecular flexibility index (Phi) is 7.63. The van der Waals surface area contributed by atoms with Crippen molar-refractivity contribution >= 4 is 15.9 Å². The van der Waals surface area contributed by atoms with Crippen LogP contribution in [0.1, 0.15) is 19.4 Å². The van der Waals surface area contributed by atoms with E-state index in [1.165, 1.54) is 19.2 Å². The number of amides is 1. The van der Waals surface area contributed by atoms with Gasteiger partial charge in [0.2, 0.25) is 15.9 Å². The Bertz CT molecular complexity index is 617. The zero-order valence-corrected chi connectivity index (χ0v) is 14.5. The maximum absolute atomic E-state index is 12.1. The highest BCUT2D eigenvalue weighted by molar-refractivity contribution is 7.89. The summed E-state index contributed by atoms with van der Waals surface area (Å²) in [6, 6.07) is 5.82. The van der Waals surface area contributed by atoms with Crippen molar-refractivity contribution in [3.8, 4) is 0 Å². The normalized spacial score (nSPS) is 13.1. The van der Waals surface area contributed by atoms with Crippen molar-refractivity contribution in [1.29, 1.82) is 0 Å². The molecule has 0 radical (unpaired) electrons. The standard InChI is InChI=1S/C15H25N3O4S/c1-11(2)14(16)15(19)17-10-12-5-4-6-13(9-12)23(20,21)18-7-8-22-3/h4-6,9,11,14,18H,7-8,10,16H2,1-3H3,(H,17,19)/t14-/m0/s1. The van der Waals surface area contributed by atoms with Crippen molar-refractivity contribution in [2.45, 2.75) is 31.3 Å². The quantitative estimate of drug-likeness (QED) is 0.555. The first kappa shape index (κ1) is 19.6. The number of carbonyl (C=O) groups is 1. The molecule has 23 heavy (non-hydrogen) atoms. The lowest BCUT2D eigenvalue weighted by molar-refractivity contribution is -0.123. The summed E-state index contributed by atoms with van der Waals surface area (Å²) in [6.07, 6.45) is 0. The van der Waals surface area contributed by atoms with Gasteiger partial charge in [0.15, 0.2) is 0 Å². The predicted molar refractivity (Wildman–Crippen MR) is 88.2 cm³/mol. The Labute approximate surface area is 137 Å². The van der Waals surface area contributed by atoms with E-state index in [1.54, 1.807) is 12.1 Å². The molecular weight excluding hydrogens is 318 g/mol. The number of rotatable bonds is 9. The third-order valence-corrected chi connectivity index (χ3v) is 4.75. The average molecular weight is 343 g/mol. The minimum Gasteiger partial charge on any atom is -0.383 e. The highest BCUT2D eigenvalue weighted by atomic mass is 32.2. The zero-order valence-electron chi connectivity index (χ0n) is 13.7. The molecule has 0 saturated carbocycles. The summed E-state index contributed by atoms with van der Waals surface area (Å²) in [6.45, 7) is 4.44. The first-order valence-electron chi connectivity index (χ1n) is 7.38. The van der Waals surface area contributed by atoms with E-state index in [2.05, 4.69) is 10.0 Å². The van der Waals surface area contributed by atoms with Gasteiger partial charge in [-0.15, -0.1) is 0 Å². The van der Waals surface area contributed by atoms with Gasteiger partial charge in [0, 0.05) is 20.2 Å². The fourth-order valence-corrected chi connectivity index (χ4v) is 2.88. The summed E-state index contributed by atoms with van der Waals surface area (Å²) in [5, 5.41) is 2.71. The third-order valence-electron chi connectivity index (χ3n) is 3.29.